The van der Waals surface area contributed by atoms with Crippen molar-refractivity contribution in [3.63, 3.8) is 0 Å². The monoisotopic (exact) mass is 406 g/mol. The average Bonchev–Trinajstić information content (AvgIpc) is 2.79. The minimum Gasteiger partial charge on any atom is -0.497 e. The van der Waals surface area contributed by atoms with Gasteiger partial charge in [-0.15, -0.1) is 0 Å². The smallest absolute Gasteiger partial charge is 0.239 e. The Morgan fingerprint density at radius 3 is 1.37 bits per heavy atom. The van der Waals surface area contributed by atoms with E-state index in [0.29, 0.717) is 11.5 Å². The zero-order valence-electron chi connectivity index (χ0n) is 16.7. The number of amides is 2. The molecule has 0 radical (unpaired) electrons. The molecule has 0 heterocycles. The van der Waals surface area contributed by atoms with E-state index >= 15 is 0 Å². The predicted octanol–water partition coefficient (Wildman–Crippen LogP) is 1.92. The van der Waals surface area contributed by atoms with E-state index in [9.17, 15) is 20.1 Å². The minimum atomic E-state index is -1.43. The first-order valence-corrected chi connectivity index (χ1v) is 9.13. The quantitative estimate of drug-likeness (QED) is 0.656. The number of rotatable bonds is 9. The highest BCUT2D eigenvalue weighted by Gasteiger charge is 2.34. The van der Waals surface area contributed by atoms with Crippen molar-refractivity contribution in [2.75, 3.05) is 14.2 Å². The van der Waals surface area contributed by atoms with Gasteiger partial charge in [-0.05, 0) is 35.4 Å². The van der Waals surface area contributed by atoms with Crippen LogP contribution in [-0.2, 0) is 22.7 Å². The second-order valence-corrected chi connectivity index (χ2v) is 6.35. The lowest BCUT2D eigenvalue weighted by Crippen LogP contribution is -2.40. The van der Waals surface area contributed by atoms with Gasteiger partial charge < -0.3 is 20.1 Å². The lowest BCUT2D eigenvalue weighted by Gasteiger charge is -2.15. The molecule has 0 aliphatic rings. The number of benzene rings is 2. The number of methoxy groups -OCH3 is 2. The fourth-order valence-electron chi connectivity index (χ4n) is 2.65. The summed E-state index contributed by atoms with van der Waals surface area (Å²) in [5.41, 5.74) is 1.58. The number of nitriles is 2. The van der Waals surface area contributed by atoms with Crippen LogP contribution in [0, 0.1) is 34.5 Å². The molecule has 0 fully saturated rings. The Hall–Kier alpha value is -4.04. The Labute approximate surface area is 175 Å². The fourth-order valence-corrected chi connectivity index (χ4v) is 2.65. The predicted molar refractivity (Wildman–Crippen MR) is 108 cm³/mol. The van der Waals surface area contributed by atoms with Crippen LogP contribution < -0.4 is 20.1 Å². The summed E-state index contributed by atoms with van der Waals surface area (Å²) in [5.74, 6) is -2.86. The third-order valence-electron chi connectivity index (χ3n) is 4.43. The zero-order valence-corrected chi connectivity index (χ0v) is 16.7. The Morgan fingerprint density at radius 2 is 1.10 bits per heavy atom. The Bertz CT molecular complexity index is 864. The molecule has 30 heavy (non-hydrogen) atoms. The van der Waals surface area contributed by atoms with Crippen molar-refractivity contribution >= 4 is 11.8 Å². The summed E-state index contributed by atoms with van der Waals surface area (Å²) in [5, 5.41) is 24.0. The number of nitrogens with one attached hydrogen (secondary N) is 2. The molecule has 0 aromatic heterocycles. The van der Waals surface area contributed by atoms with Crippen molar-refractivity contribution in [2.45, 2.75) is 13.1 Å². The van der Waals surface area contributed by atoms with Gasteiger partial charge in [0.25, 0.3) is 0 Å². The highest BCUT2D eigenvalue weighted by atomic mass is 16.5. The summed E-state index contributed by atoms with van der Waals surface area (Å²) >= 11 is 0. The van der Waals surface area contributed by atoms with Gasteiger partial charge in [0.15, 0.2) is 0 Å². The number of carbonyl (C=O) groups excluding carboxylic acids is 2. The molecule has 0 aliphatic heterocycles. The maximum absolute atomic E-state index is 12.4. The van der Waals surface area contributed by atoms with E-state index < -0.39 is 23.7 Å². The van der Waals surface area contributed by atoms with Gasteiger partial charge in [-0.1, -0.05) is 24.3 Å². The van der Waals surface area contributed by atoms with Crippen molar-refractivity contribution in [3.8, 4) is 23.6 Å². The number of hydrogen-bond donors (Lipinski definition) is 2. The number of ether oxygens (including phenoxy) is 2. The molecule has 0 spiro atoms. The molecule has 8 nitrogen and oxygen atoms in total. The molecule has 8 heteroatoms. The molecule has 154 valence electrons. The number of hydrogen-bond acceptors (Lipinski definition) is 6. The zero-order chi connectivity index (χ0) is 21.9. The maximum atomic E-state index is 12.4. The van der Waals surface area contributed by atoms with Crippen LogP contribution in [0.1, 0.15) is 11.1 Å². The van der Waals surface area contributed by atoms with Crippen LogP contribution in [0.25, 0.3) is 0 Å². The molecule has 0 saturated heterocycles. The number of carbonyl (C=O) groups is 2. The van der Waals surface area contributed by atoms with Gasteiger partial charge in [-0.25, -0.2) is 0 Å². The second kappa shape index (κ2) is 11.1. The molecule has 2 aromatic carbocycles. The van der Waals surface area contributed by atoms with Gasteiger partial charge in [0.1, 0.15) is 23.3 Å². The van der Waals surface area contributed by atoms with E-state index in [2.05, 4.69) is 10.6 Å². The molecule has 0 aliphatic carbocycles. The SMILES string of the molecule is COc1ccc(CNC(=O)C(C#N)C(C#N)C(=O)NCc2ccc(OC)cc2)cc1. The summed E-state index contributed by atoms with van der Waals surface area (Å²) in [6.45, 7) is 0.319. The van der Waals surface area contributed by atoms with Crippen LogP contribution in [-0.4, -0.2) is 26.0 Å². The lowest BCUT2D eigenvalue weighted by molar-refractivity contribution is -0.131. The van der Waals surface area contributed by atoms with Crippen molar-refractivity contribution in [1.82, 2.24) is 10.6 Å². The topological polar surface area (TPSA) is 124 Å². The van der Waals surface area contributed by atoms with Gasteiger partial charge in [-0.2, -0.15) is 10.5 Å². The Morgan fingerprint density at radius 1 is 0.767 bits per heavy atom. The third-order valence-corrected chi connectivity index (χ3v) is 4.43. The van der Waals surface area contributed by atoms with Crippen LogP contribution in [0.2, 0.25) is 0 Å². The Kier molecular flexibility index (Phi) is 8.22. The van der Waals surface area contributed by atoms with Crippen LogP contribution in [0.5, 0.6) is 11.5 Å². The van der Waals surface area contributed by atoms with Gasteiger partial charge in [0.05, 0.1) is 26.4 Å². The number of nitrogens with zero attached hydrogens (tertiary/aromatic N) is 2. The average molecular weight is 406 g/mol. The standard InChI is InChI=1S/C22H22N4O4/c1-29-17-7-3-15(4-8-17)13-25-21(27)19(11-23)20(12-24)22(28)26-14-16-5-9-18(30-2)10-6-16/h3-10,19-20H,13-14H2,1-2H3,(H,25,27)(H,26,28). The van der Waals surface area contributed by atoms with Gasteiger partial charge in [0, 0.05) is 13.1 Å². The molecule has 2 aromatic rings. The first-order chi connectivity index (χ1) is 14.5. The minimum absolute atomic E-state index is 0.159. The van der Waals surface area contributed by atoms with Gasteiger partial charge in [0.2, 0.25) is 11.8 Å². The van der Waals surface area contributed by atoms with Crippen molar-refractivity contribution in [2.24, 2.45) is 11.8 Å². The molecule has 2 N–H and O–H groups in total. The molecule has 2 atom stereocenters. The van der Waals surface area contributed by atoms with E-state index in [1.807, 2.05) is 0 Å². The highest BCUT2D eigenvalue weighted by Crippen LogP contribution is 2.15. The maximum Gasteiger partial charge on any atom is 0.239 e. The van der Waals surface area contributed by atoms with Gasteiger partial charge >= 0.3 is 0 Å². The summed E-state index contributed by atoms with van der Waals surface area (Å²) in [4.78, 5) is 24.8. The summed E-state index contributed by atoms with van der Waals surface area (Å²) < 4.78 is 10.1. The van der Waals surface area contributed by atoms with E-state index in [0.717, 1.165) is 11.1 Å². The molecular weight excluding hydrogens is 384 g/mol. The molecule has 2 rings (SSSR count). The summed E-state index contributed by atoms with van der Waals surface area (Å²) in [7, 11) is 3.10. The van der Waals surface area contributed by atoms with E-state index in [1.165, 1.54) is 0 Å². The third kappa shape index (κ3) is 5.98. The van der Waals surface area contributed by atoms with Crippen molar-refractivity contribution < 1.29 is 19.1 Å². The van der Waals surface area contributed by atoms with Crippen molar-refractivity contribution in [3.05, 3.63) is 59.7 Å². The summed E-state index contributed by atoms with van der Waals surface area (Å²) in [6, 6.07) is 17.6. The first kappa shape index (κ1) is 22.3. The molecule has 2 unspecified atom stereocenters. The molecular formula is C22H22N4O4. The second-order valence-electron chi connectivity index (χ2n) is 6.35. The van der Waals surface area contributed by atoms with Crippen LogP contribution in [0.15, 0.2) is 48.5 Å². The largest absolute Gasteiger partial charge is 0.497 e. The first-order valence-electron chi connectivity index (χ1n) is 9.13. The molecule has 0 bridgehead atoms. The van der Waals surface area contributed by atoms with E-state index in [4.69, 9.17) is 9.47 Å². The van der Waals surface area contributed by atoms with E-state index in [1.54, 1.807) is 74.9 Å². The normalized spacial score (nSPS) is 11.9. The van der Waals surface area contributed by atoms with Crippen LogP contribution in [0.4, 0.5) is 0 Å². The van der Waals surface area contributed by atoms with Crippen LogP contribution in [0.3, 0.4) is 0 Å². The van der Waals surface area contributed by atoms with Gasteiger partial charge in [-0.3, -0.25) is 9.59 Å². The highest BCUT2D eigenvalue weighted by molar-refractivity contribution is 5.91. The Balaban J connectivity index is 1.95. The van der Waals surface area contributed by atoms with Crippen LogP contribution >= 0.6 is 0 Å². The molecule has 0 saturated carbocycles. The van der Waals surface area contributed by atoms with E-state index in [-0.39, 0.29) is 13.1 Å². The lowest BCUT2D eigenvalue weighted by atomic mass is 9.93. The summed E-state index contributed by atoms with van der Waals surface area (Å²) in [6.07, 6.45) is 0. The molecule has 2 amide bonds. The fraction of sp³-hybridized carbons (Fsp3) is 0.273. The van der Waals surface area contributed by atoms with Crippen molar-refractivity contribution in [1.29, 1.82) is 10.5 Å².